The Morgan fingerprint density at radius 3 is 2.47 bits per heavy atom. The maximum Gasteiger partial charge on any atom is 0.0524 e. The second-order valence-corrected chi connectivity index (χ2v) is 6.37. The van der Waals surface area contributed by atoms with Crippen molar-refractivity contribution in [3.8, 4) is 0 Å². The van der Waals surface area contributed by atoms with Gasteiger partial charge in [0.25, 0.3) is 0 Å². The van der Waals surface area contributed by atoms with E-state index in [1.54, 1.807) is 11.8 Å². The highest BCUT2D eigenvalue weighted by atomic mass is 35.5. The van der Waals surface area contributed by atoms with E-state index in [1.807, 2.05) is 6.07 Å². The fraction of sp³-hybridized carbons (Fsp3) is 0.529. The third-order valence-electron chi connectivity index (χ3n) is 3.07. The minimum atomic E-state index is 0.183. The molecule has 0 nitrogen and oxygen atoms in total. The van der Waals surface area contributed by atoms with Gasteiger partial charge in [-0.25, -0.2) is 0 Å². The summed E-state index contributed by atoms with van der Waals surface area (Å²) in [6, 6.07) is 10.4. The molecule has 0 saturated heterocycles. The summed E-state index contributed by atoms with van der Waals surface area (Å²) in [7, 11) is 0. The number of rotatable bonds is 10. The Morgan fingerprint density at radius 2 is 1.74 bits per heavy atom. The summed E-state index contributed by atoms with van der Waals surface area (Å²) in [5.41, 5.74) is 0. The van der Waals surface area contributed by atoms with Crippen LogP contribution >= 0.6 is 23.4 Å². The highest BCUT2D eigenvalue weighted by Crippen LogP contribution is 2.20. The third kappa shape index (κ3) is 9.18. The number of halogens is 1. The number of hydrogen-bond acceptors (Lipinski definition) is 1. The van der Waals surface area contributed by atoms with Gasteiger partial charge in [-0.15, -0.1) is 11.6 Å². The van der Waals surface area contributed by atoms with E-state index in [-0.39, 0.29) is 5.38 Å². The summed E-state index contributed by atoms with van der Waals surface area (Å²) in [6.45, 7) is 2.25. The summed E-state index contributed by atoms with van der Waals surface area (Å²) in [5.74, 6) is 0. The summed E-state index contributed by atoms with van der Waals surface area (Å²) < 4.78 is 0. The average molecular weight is 297 g/mol. The predicted octanol–water partition coefficient (Wildman–Crippen LogP) is 6.65. The van der Waals surface area contributed by atoms with Crippen molar-refractivity contribution < 1.29 is 0 Å². The van der Waals surface area contributed by atoms with E-state index in [2.05, 4.69) is 42.7 Å². The van der Waals surface area contributed by atoms with Crippen LogP contribution in [0.4, 0.5) is 0 Å². The van der Waals surface area contributed by atoms with Crippen molar-refractivity contribution >= 4 is 23.4 Å². The lowest BCUT2D eigenvalue weighted by atomic mass is 10.1. The van der Waals surface area contributed by atoms with Crippen LogP contribution in [0.3, 0.4) is 0 Å². The minimum Gasteiger partial charge on any atom is -0.118 e. The molecule has 1 aromatic rings. The summed E-state index contributed by atoms with van der Waals surface area (Å²) in [4.78, 5) is 1.27. The SMILES string of the molecule is CCCCCCCCC(Cl)/C=C/Sc1ccccc1. The number of thioether (sulfide) groups is 1. The van der Waals surface area contributed by atoms with Crippen LogP contribution in [0.5, 0.6) is 0 Å². The van der Waals surface area contributed by atoms with Crippen molar-refractivity contribution in [2.24, 2.45) is 0 Å². The summed E-state index contributed by atoms with van der Waals surface area (Å²) >= 11 is 8.02. The predicted molar refractivity (Wildman–Crippen MR) is 89.1 cm³/mol. The third-order valence-corrected chi connectivity index (χ3v) is 4.27. The molecule has 0 spiro atoms. The lowest BCUT2D eigenvalue weighted by Gasteiger charge is -2.04. The monoisotopic (exact) mass is 296 g/mol. The molecule has 0 radical (unpaired) electrons. The molecule has 0 N–H and O–H groups in total. The second kappa shape index (κ2) is 11.4. The quantitative estimate of drug-likeness (QED) is 0.264. The Kier molecular flexibility index (Phi) is 10.0. The van der Waals surface area contributed by atoms with Crippen molar-refractivity contribution in [3.05, 3.63) is 41.8 Å². The molecule has 1 rings (SSSR count). The minimum absolute atomic E-state index is 0.183. The van der Waals surface area contributed by atoms with Crippen molar-refractivity contribution in [2.75, 3.05) is 0 Å². The fourth-order valence-corrected chi connectivity index (χ4v) is 2.97. The molecule has 0 aliphatic heterocycles. The van der Waals surface area contributed by atoms with Gasteiger partial charge in [0.1, 0.15) is 0 Å². The van der Waals surface area contributed by atoms with Gasteiger partial charge in [0.05, 0.1) is 5.38 Å². The van der Waals surface area contributed by atoms with Gasteiger partial charge in [-0.1, -0.05) is 81.5 Å². The smallest absolute Gasteiger partial charge is 0.0524 e. The number of hydrogen-bond donors (Lipinski definition) is 0. The molecule has 0 aliphatic rings. The van der Waals surface area contributed by atoms with E-state index in [1.165, 1.54) is 43.4 Å². The van der Waals surface area contributed by atoms with Crippen molar-refractivity contribution in [3.63, 3.8) is 0 Å². The molecule has 1 atom stereocenters. The highest BCUT2D eigenvalue weighted by molar-refractivity contribution is 8.02. The number of unbranched alkanes of at least 4 members (excludes halogenated alkanes) is 5. The first-order valence-corrected chi connectivity index (χ1v) is 8.67. The zero-order valence-electron chi connectivity index (χ0n) is 11.9. The molecule has 0 amide bonds. The molecule has 0 bridgehead atoms. The van der Waals surface area contributed by atoms with E-state index in [9.17, 15) is 0 Å². The van der Waals surface area contributed by atoms with Gasteiger partial charge in [-0.2, -0.15) is 0 Å². The Labute approximate surface area is 127 Å². The van der Waals surface area contributed by atoms with E-state index in [0.717, 1.165) is 6.42 Å². The van der Waals surface area contributed by atoms with Crippen LogP contribution in [-0.2, 0) is 0 Å². The van der Waals surface area contributed by atoms with Crippen LogP contribution in [0.2, 0.25) is 0 Å². The fourth-order valence-electron chi connectivity index (χ4n) is 1.92. The van der Waals surface area contributed by atoms with E-state index in [4.69, 9.17) is 11.6 Å². The number of allylic oxidation sites excluding steroid dienone is 1. The van der Waals surface area contributed by atoms with Crippen LogP contribution < -0.4 is 0 Å². The zero-order valence-corrected chi connectivity index (χ0v) is 13.4. The first kappa shape index (κ1) is 16.7. The van der Waals surface area contributed by atoms with Crippen LogP contribution in [0.15, 0.2) is 46.7 Å². The molecule has 0 fully saturated rings. The normalized spacial score (nSPS) is 12.9. The largest absolute Gasteiger partial charge is 0.118 e. The molecular weight excluding hydrogens is 272 g/mol. The Morgan fingerprint density at radius 1 is 1.05 bits per heavy atom. The summed E-state index contributed by atoms with van der Waals surface area (Å²) in [5, 5.41) is 2.30. The average Bonchev–Trinajstić information content (AvgIpc) is 2.44. The molecule has 1 unspecified atom stereocenters. The second-order valence-electron chi connectivity index (χ2n) is 4.83. The Bertz CT molecular complexity index is 334. The molecule has 1 aromatic carbocycles. The van der Waals surface area contributed by atoms with Gasteiger partial charge in [0.15, 0.2) is 0 Å². The first-order chi connectivity index (χ1) is 9.33. The topological polar surface area (TPSA) is 0 Å². The Balaban J connectivity index is 2.05. The van der Waals surface area contributed by atoms with Crippen molar-refractivity contribution in [1.82, 2.24) is 0 Å². The van der Waals surface area contributed by atoms with Gasteiger partial charge in [-0.05, 0) is 24.0 Å². The molecule has 0 aliphatic carbocycles. The van der Waals surface area contributed by atoms with E-state index in [0.29, 0.717) is 0 Å². The maximum absolute atomic E-state index is 6.29. The zero-order chi connectivity index (χ0) is 13.8. The van der Waals surface area contributed by atoms with Crippen LogP contribution in [0.1, 0.15) is 51.9 Å². The molecule has 19 heavy (non-hydrogen) atoms. The van der Waals surface area contributed by atoms with Gasteiger partial charge >= 0.3 is 0 Å². The molecule has 0 aromatic heterocycles. The van der Waals surface area contributed by atoms with Gasteiger partial charge < -0.3 is 0 Å². The van der Waals surface area contributed by atoms with Crippen LogP contribution in [-0.4, -0.2) is 5.38 Å². The molecule has 2 heteroatoms. The number of benzene rings is 1. The maximum atomic E-state index is 6.29. The molecule has 106 valence electrons. The molecule has 0 heterocycles. The van der Waals surface area contributed by atoms with Gasteiger partial charge in [0.2, 0.25) is 0 Å². The Hall–Kier alpha value is -0.400. The van der Waals surface area contributed by atoms with Crippen LogP contribution in [0.25, 0.3) is 0 Å². The summed E-state index contributed by atoms with van der Waals surface area (Å²) in [6.07, 6.45) is 11.2. The van der Waals surface area contributed by atoms with E-state index < -0.39 is 0 Å². The molecular formula is C17H25ClS. The standard InChI is InChI=1S/C17H25ClS/c1-2-3-4-5-6-8-11-16(18)14-15-19-17-12-9-7-10-13-17/h7,9-10,12-16H,2-6,8,11H2,1H3/b15-14+. The van der Waals surface area contributed by atoms with Crippen LogP contribution in [0, 0.1) is 0 Å². The lowest BCUT2D eigenvalue weighted by molar-refractivity contribution is 0.593. The lowest BCUT2D eigenvalue weighted by Crippen LogP contribution is -1.92. The first-order valence-electron chi connectivity index (χ1n) is 7.35. The molecule has 0 saturated carbocycles. The number of alkyl halides is 1. The van der Waals surface area contributed by atoms with Crippen molar-refractivity contribution in [2.45, 2.75) is 62.1 Å². The van der Waals surface area contributed by atoms with Gasteiger partial charge in [0, 0.05) is 4.90 Å². The van der Waals surface area contributed by atoms with Gasteiger partial charge in [-0.3, -0.25) is 0 Å². The highest BCUT2D eigenvalue weighted by Gasteiger charge is 1.99. The van der Waals surface area contributed by atoms with E-state index >= 15 is 0 Å². The van der Waals surface area contributed by atoms with Crippen molar-refractivity contribution in [1.29, 1.82) is 0 Å².